The molecule has 1 saturated heterocycles. The van der Waals surface area contributed by atoms with Gasteiger partial charge in [-0.05, 0) is 19.8 Å². The molecule has 1 atom stereocenters. The first-order chi connectivity index (χ1) is 7.59. The summed E-state index contributed by atoms with van der Waals surface area (Å²) in [5.74, 6) is -0.132. The van der Waals surface area contributed by atoms with Gasteiger partial charge in [0.1, 0.15) is 5.69 Å². The Bertz CT molecular complexity index is 427. The molecule has 2 rings (SSSR count). The van der Waals surface area contributed by atoms with Gasteiger partial charge in [-0.1, -0.05) is 0 Å². The third kappa shape index (κ3) is 2.00. The topological polar surface area (TPSA) is 50.3 Å². The molecule has 0 unspecified atom stereocenters. The molecule has 1 amide bonds. The van der Waals surface area contributed by atoms with E-state index >= 15 is 0 Å². The molecule has 16 heavy (non-hydrogen) atoms. The van der Waals surface area contributed by atoms with Crippen LogP contribution in [0.15, 0.2) is 5.38 Å². The molecule has 0 bridgehead atoms. The highest BCUT2D eigenvalue weighted by Gasteiger charge is 2.27. The predicted molar refractivity (Wildman–Crippen MR) is 61.9 cm³/mol. The molecule has 1 aromatic rings. The van der Waals surface area contributed by atoms with Crippen LogP contribution < -0.4 is 0 Å². The van der Waals surface area contributed by atoms with Crippen molar-refractivity contribution in [3.63, 3.8) is 0 Å². The van der Waals surface area contributed by atoms with Crippen LogP contribution in [0.3, 0.4) is 0 Å². The van der Waals surface area contributed by atoms with Gasteiger partial charge >= 0.3 is 0 Å². The van der Waals surface area contributed by atoms with Crippen LogP contribution >= 0.6 is 11.3 Å². The fourth-order valence-electron chi connectivity index (χ4n) is 1.92. The minimum atomic E-state index is -0.0847. The van der Waals surface area contributed by atoms with Crippen LogP contribution in [0.1, 0.15) is 47.0 Å². The first-order valence-corrected chi connectivity index (χ1v) is 6.25. The van der Waals surface area contributed by atoms with Crippen molar-refractivity contribution in [1.29, 1.82) is 0 Å². The predicted octanol–water partition coefficient (Wildman–Crippen LogP) is 1.97. The fraction of sp³-hybridized carbons (Fsp3) is 0.545. The molecule has 1 fully saturated rings. The second kappa shape index (κ2) is 4.33. The Morgan fingerprint density at radius 3 is 2.81 bits per heavy atom. The lowest BCUT2D eigenvalue weighted by molar-refractivity contribution is 0.0742. The smallest absolute Gasteiger partial charge is 0.273 e. The minimum absolute atomic E-state index is 0.0475. The summed E-state index contributed by atoms with van der Waals surface area (Å²) < 4.78 is 0. The Morgan fingerprint density at radius 2 is 2.31 bits per heavy atom. The Balaban J connectivity index is 2.17. The number of amides is 1. The second-order valence-electron chi connectivity index (χ2n) is 4.08. The van der Waals surface area contributed by atoms with Crippen molar-refractivity contribution in [3.8, 4) is 0 Å². The third-order valence-corrected chi connectivity index (χ3v) is 3.78. The van der Waals surface area contributed by atoms with Crippen molar-refractivity contribution in [3.05, 3.63) is 16.1 Å². The van der Waals surface area contributed by atoms with E-state index in [0.717, 1.165) is 19.4 Å². The highest BCUT2D eigenvalue weighted by molar-refractivity contribution is 7.11. The monoisotopic (exact) mass is 238 g/mol. The number of Topliss-reactive ketones (excluding diaryl/α,β-unsaturated/α-hetero) is 1. The van der Waals surface area contributed by atoms with Crippen molar-refractivity contribution in [1.82, 2.24) is 9.88 Å². The molecule has 4 nitrogen and oxygen atoms in total. The van der Waals surface area contributed by atoms with E-state index in [-0.39, 0.29) is 17.7 Å². The van der Waals surface area contributed by atoms with E-state index < -0.39 is 0 Å². The summed E-state index contributed by atoms with van der Waals surface area (Å²) >= 11 is 1.24. The van der Waals surface area contributed by atoms with E-state index in [1.165, 1.54) is 18.3 Å². The van der Waals surface area contributed by atoms with Crippen molar-refractivity contribution in [2.24, 2.45) is 0 Å². The van der Waals surface area contributed by atoms with Gasteiger partial charge in [0.25, 0.3) is 5.91 Å². The molecule has 0 N–H and O–H groups in total. The van der Waals surface area contributed by atoms with Crippen LogP contribution in [0.25, 0.3) is 0 Å². The van der Waals surface area contributed by atoms with Crippen LogP contribution in [-0.2, 0) is 0 Å². The van der Waals surface area contributed by atoms with Gasteiger partial charge < -0.3 is 4.90 Å². The van der Waals surface area contributed by atoms with E-state index in [1.54, 1.807) is 5.38 Å². The van der Waals surface area contributed by atoms with Gasteiger partial charge in [0, 0.05) is 24.9 Å². The summed E-state index contributed by atoms with van der Waals surface area (Å²) in [6, 6.07) is 0.287. The molecule has 1 aromatic heterocycles. The summed E-state index contributed by atoms with van der Waals surface area (Å²) in [5.41, 5.74) is 0.406. The van der Waals surface area contributed by atoms with Crippen LogP contribution in [0.4, 0.5) is 0 Å². The van der Waals surface area contributed by atoms with E-state index in [0.29, 0.717) is 10.7 Å². The molecular weight excluding hydrogens is 224 g/mol. The zero-order valence-electron chi connectivity index (χ0n) is 9.40. The Labute approximate surface area is 98.3 Å². The summed E-state index contributed by atoms with van der Waals surface area (Å²) in [6.45, 7) is 4.31. The maximum absolute atomic E-state index is 12.1. The molecule has 0 aromatic carbocycles. The molecular formula is C11H14N2O2S. The fourth-order valence-corrected chi connectivity index (χ4v) is 2.61. The number of nitrogens with zero attached hydrogens (tertiary/aromatic N) is 2. The lowest BCUT2D eigenvalue weighted by atomic mass is 10.2. The Hall–Kier alpha value is -1.23. The van der Waals surface area contributed by atoms with Gasteiger partial charge in [0.2, 0.25) is 0 Å². The first-order valence-electron chi connectivity index (χ1n) is 5.37. The molecule has 5 heteroatoms. The highest BCUT2D eigenvalue weighted by Crippen LogP contribution is 2.20. The molecule has 0 saturated carbocycles. The van der Waals surface area contributed by atoms with Gasteiger partial charge in [-0.15, -0.1) is 11.3 Å². The number of hydrogen-bond acceptors (Lipinski definition) is 4. The molecule has 0 aliphatic carbocycles. The lowest BCUT2D eigenvalue weighted by Crippen LogP contribution is -2.33. The van der Waals surface area contributed by atoms with Crippen LogP contribution in [0.5, 0.6) is 0 Å². The molecule has 2 heterocycles. The van der Waals surface area contributed by atoms with Gasteiger partial charge in [0.05, 0.1) is 0 Å². The summed E-state index contributed by atoms with van der Waals surface area (Å²) in [6.07, 6.45) is 2.10. The summed E-state index contributed by atoms with van der Waals surface area (Å²) in [7, 11) is 0. The number of aromatic nitrogens is 1. The van der Waals surface area contributed by atoms with Crippen LogP contribution in [-0.4, -0.2) is 34.2 Å². The van der Waals surface area contributed by atoms with Crippen molar-refractivity contribution >= 4 is 23.0 Å². The van der Waals surface area contributed by atoms with Crippen LogP contribution in [0.2, 0.25) is 0 Å². The van der Waals surface area contributed by atoms with Crippen molar-refractivity contribution < 1.29 is 9.59 Å². The number of thiazole rings is 1. The Morgan fingerprint density at radius 1 is 1.56 bits per heavy atom. The number of likely N-dealkylation sites (tertiary alicyclic amines) is 1. The summed E-state index contributed by atoms with van der Waals surface area (Å²) in [4.78, 5) is 29.0. The zero-order chi connectivity index (χ0) is 11.7. The molecule has 86 valence electrons. The zero-order valence-corrected chi connectivity index (χ0v) is 10.2. The summed E-state index contributed by atoms with van der Waals surface area (Å²) in [5, 5.41) is 2.08. The van der Waals surface area contributed by atoms with Crippen molar-refractivity contribution in [2.45, 2.75) is 32.7 Å². The number of rotatable bonds is 2. The van der Waals surface area contributed by atoms with Gasteiger partial charge in [-0.25, -0.2) is 4.98 Å². The highest BCUT2D eigenvalue weighted by atomic mass is 32.1. The largest absolute Gasteiger partial charge is 0.335 e. The van der Waals surface area contributed by atoms with Gasteiger partial charge in [0.15, 0.2) is 10.8 Å². The number of hydrogen-bond donors (Lipinski definition) is 0. The average Bonchev–Trinajstić information content (AvgIpc) is 2.84. The Kier molecular flexibility index (Phi) is 3.05. The maximum Gasteiger partial charge on any atom is 0.273 e. The maximum atomic E-state index is 12.1. The van der Waals surface area contributed by atoms with Crippen LogP contribution in [0, 0.1) is 0 Å². The third-order valence-electron chi connectivity index (χ3n) is 2.84. The number of carbonyl (C=O) groups is 2. The SMILES string of the molecule is CC(=O)c1nc(C(=O)N2CCC[C@@H]2C)cs1. The first kappa shape index (κ1) is 11.3. The van der Waals surface area contributed by atoms with E-state index in [4.69, 9.17) is 0 Å². The van der Waals surface area contributed by atoms with E-state index in [9.17, 15) is 9.59 Å². The molecule has 0 spiro atoms. The van der Waals surface area contributed by atoms with E-state index in [2.05, 4.69) is 4.98 Å². The van der Waals surface area contributed by atoms with Crippen molar-refractivity contribution in [2.75, 3.05) is 6.54 Å². The second-order valence-corrected chi connectivity index (χ2v) is 4.94. The molecule has 1 aliphatic heterocycles. The van der Waals surface area contributed by atoms with Gasteiger partial charge in [-0.3, -0.25) is 9.59 Å². The molecule has 0 radical (unpaired) electrons. The van der Waals surface area contributed by atoms with Gasteiger partial charge in [-0.2, -0.15) is 0 Å². The van der Waals surface area contributed by atoms with E-state index in [1.807, 2.05) is 11.8 Å². The number of ketones is 1. The minimum Gasteiger partial charge on any atom is -0.335 e. The molecule has 1 aliphatic rings. The normalized spacial score (nSPS) is 20.1. The quantitative estimate of drug-likeness (QED) is 0.740. The standard InChI is InChI=1S/C11H14N2O2S/c1-7-4-3-5-13(7)11(15)9-6-16-10(12-9)8(2)14/h6-7H,3-5H2,1-2H3/t7-/m0/s1. The number of carbonyl (C=O) groups excluding carboxylic acids is 2. The lowest BCUT2D eigenvalue weighted by Gasteiger charge is -2.19. The average molecular weight is 238 g/mol.